The zero-order chi connectivity index (χ0) is 18.2. The first kappa shape index (κ1) is 18.5. The van der Waals surface area contributed by atoms with Gasteiger partial charge in [-0.15, -0.1) is 0 Å². The maximum Gasteiger partial charge on any atom is 0.471 e. The predicted octanol–water partition coefficient (Wildman–Crippen LogP) is 4.93. The molecule has 0 atom stereocenters. The van der Waals surface area contributed by atoms with Crippen LogP contribution in [0.2, 0.25) is 0 Å². The van der Waals surface area contributed by atoms with Crippen LogP contribution in [0.5, 0.6) is 5.75 Å². The summed E-state index contributed by atoms with van der Waals surface area (Å²) in [6.45, 7) is -0.0850. The zero-order valence-corrected chi connectivity index (χ0v) is 16.5. The molecule has 2 aromatic rings. The van der Waals surface area contributed by atoms with Gasteiger partial charge in [0.1, 0.15) is 12.4 Å². The molecule has 3 nitrogen and oxygen atoms in total. The fraction of sp³-hybridized carbons (Fsp3) is 0.235. The Balaban J connectivity index is 1.95. The van der Waals surface area contributed by atoms with Crippen LogP contribution in [-0.2, 0) is 11.2 Å². The number of halogens is 5. The standard InChI is InChI=1S/C17H12BrF3INO2/c18-13-3-2-12(22)9-11(13)7-10-1-4-15-14(8-10)23(5-6-25-15)16(24)17(19,20)21/h1-4,8-9H,5-7H2. The first-order valence-electron chi connectivity index (χ1n) is 7.34. The largest absolute Gasteiger partial charge is 0.490 e. The van der Waals surface area contributed by atoms with Crippen LogP contribution in [0.25, 0.3) is 0 Å². The van der Waals surface area contributed by atoms with Crippen molar-refractivity contribution in [2.24, 2.45) is 0 Å². The maximum absolute atomic E-state index is 12.8. The van der Waals surface area contributed by atoms with Gasteiger partial charge in [0.15, 0.2) is 0 Å². The van der Waals surface area contributed by atoms with E-state index in [0.717, 1.165) is 24.1 Å². The van der Waals surface area contributed by atoms with Crippen LogP contribution < -0.4 is 9.64 Å². The molecule has 0 radical (unpaired) electrons. The summed E-state index contributed by atoms with van der Waals surface area (Å²) in [4.78, 5) is 12.4. The zero-order valence-electron chi connectivity index (χ0n) is 12.7. The Kier molecular flexibility index (Phi) is 5.29. The van der Waals surface area contributed by atoms with Gasteiger partial charge in [-0.05, 0) is 70.5 Å². The van der Waals surface area contributed by atoms with Crippen molar-refractivity contribution in [3.8, 4) is 5.75 Å². The third-order valence-electron chi connectivity index (χ3n) is 3.78. The number of benzene rings is 2. The summed E-state index contributed by atoms with van der Waals surface area (Å²) in [6.07, 6.45) is -4.39. The molecule has 0 N–H and O–H groups in total. The van der Waals surface area contributed by atoms with E-state index in [1.165, 1.54) is 0 Å². The molecular weight excluding hydrogens is 514 g/mol. The molecule has 3 rings (SSSR count). The SMILES string of the molecule is O=C(N1CCOc2ccc(Cc3cc(I)ccc3Br)cc21)C(F)(F)F. The molecule has 1 amide bonds. The fourth-order valence-corrected chi connectivity index (χ4v) is 3.58. The van der Waals surface area contributed by atoms with Crippen molar-refractivity contribution in [1.82, 2.24) is 0 Å². The van der Waals surface area contributed by atoms with E-state index < -0.39 is 12.1 Å². The molecule has 0 aromatic heterocycles. The highest BCUT2D eigenvalue weighted by Gasteiger charge is 2.44. The van der Waals surface area contributed by atoms with E-state index >= 15 is 0 Å². The molecule has 0 spiro atoms. The summed E-state index contributed by atoms with van der Waals surface area (Å²) in [7, 11) is 0. The van der Waals surface area contributed by atoms with Gasteiger partial charge in [-0.3, -0.25) is 9.69 Å². The Morgan fingerprint density at radius 2 is 2.00 bits per heavy atom. The molecule has 1 heterocycles. The average molecular weight is 526 g/mol. The second kappa shape index (κ2) is 7.14. The predicted molar refractivity (Wildman–Crippen MR) is 100 cm³/mol. The van der Waals surface area contributed by atoms with Crippen LogP contribution in [0, 0.1) is 3.57 Å². The second-order valence-corrected chi connectivity index (χ2v) is 7.62. The minimum absolute atomic E-state index is 0.0383. The number of nitrogens with zero attached hydrogens (tertiary/aromatic N) is 1. The second-order valence-electron chi connectivity index (χ2n) is 5.52. The molecular formula is C17H12BrF3INO2. The molecule has 1 aliphatic rings. The van der Waals surface area contributed by atoms with Crippen LogP contribution in [-0.4, -0.2) is 25.2 Å². The molecule has 132 valence electrons. The van der Waals surface area contributed by atoms with Gasteiger partial charge in [-0.2, -0.15) is 13.2 Å². The number of rotatable bonds is 2. The number of alkyl halides is 3. The van der Waals surface area contributed by atoms with Crippen molar-refractivity contribution in [3.63, 3.8) is 0 Å². The van der Waals surface area contributed by atoms with Crippen LogP contribution in [0.3, 0.4) is 0 Å². The first-order chi connectivity index (χ1) is 11.8. The van der Waals surface area contributed by atoms with Crippen molar-refractivity contribution in [2.75, 3.05) is 18.1 Å². The molecule has 2 aromatic carbocycles. The van der Waals surface area contributed by atoms with Gasteiger partial charge in [-0.25, -0.2) is 0 Å². The van der Waals surface area contributed by atoms with E-state index in [9.17, 15) is 18.0 Å². The van der Waals surface area contributed by atoms with Crippen LogP contribution >= 0.6 is 38.5 Å². The lowest BCUT2D eigenvalue weighted by atomic mass is 10.0. The number of ether oxygens (including phenoxy) is 1. The summed E-state index contributed by atoms with van der Waals surface area (Å²) in [5, 5.41) is 0. The Labute approximate surface area is 164 Å². The van der Waals surface area contributed by atoms with Gasteiger partial charge in [0.05, 0.1) is 12.2 Å². The average Bonchev–Trinajstić information content (AvgIpc) is 2.56. The lowest BCUT2D eigenvalue weighted by Crippen LogP contribution is -2.45. The number of amides is 1. The molecule has 0 unspecified atom stereocenters. The van der Waals surface area contributed by atoms with Crippen LogP contribution in [0.1, 0.15) is 11.1 Å². The lowest BCUT2D eigenvalue weighted by molar-refractivity contribution is -0.170. The number of hydrogen-bond acceptors (Lipinski definition) is 2. The molecule has 25 heavy (non-hydrogen) atoms. The first-order valence-corrected chi connectivity index (χ1v) is 9.21. The maximum atomic E-state index is 12.8. The molecule has 0 fully saturated rings. The normalized spacial score (nSPS) is 14.0. The molecule has 8 heteroatoms. The van der Waals surface area contributed by atoms with E-state index in [-0.39, 0.29) is 24.6 Å². The number of hydrogen-bond donors (Lipinski definition) is 0. The number of carbonyl (C=O) groups excluding carboxylic acids is 1. The molecule has 0 bridgehead atoms. The van der Waals surface area contributed by atoms with Gasteiger partial charge in [0, 0.05) is 8.04 Å². The van der Waals surface area contributed by atoms with Crippen molar-refractivity contribution in [2.45, 2.75) is 12.6 Å². The molecule has 0 saturated heterocycles. The summed E-state index contributed by atoms with van der Waals surface area (Å²) >= 11 is 5.68. The minimum Gasteiger partial charge on any atom is -0.490 e. The summed E-state index contributed by atoms with van der Waals surface area (Å²) in [5.74, 6) is -1.58. The third kappa shape index (κ3) is 4.11. The lowest BCUT2D eigenvalue weighted by Gasteiger charge is -2.30. The van der Waals surface area contributed by atoms with Crippen molar-refractivity contribution < 1.29 is 22.7 Å². The Morgan fingerprint density at radius 1 is 1.24 bits per heavy atom. The van der Waals surface area contributed by atoms with Gasteiger partial charge < -0.3 is 4.74 Å². The molecule has 0 aliphatic carbocycles. The smallest absolute Gasteiger partial charge is 0.471 e. The van der Waals surface area contributed by atoms with E-state index in [4.69, 9.17) is 4.74 Å². The summed E-state index contributed by atoms with van der Waals surface area (Å²) in [6, 6.07) is 10.9. The van der Waals surface area contributed by atoms with Gasteiger partial charge >= 0.3 is 12.1 Å². The van der Waals surface area contributed by atoms with E-state index in [2.05, 4.69) is 38.5 Å². The van der Waals surface area contributed by atoms with Crippen LogP contribution in [0.15, 0.2) is 40.9 Å². The molecule has 0 saturated carbocycles. The van der Waals surface area contributed by atoms with E-state index in [1.54, 1.807) is 18.2 Å². The third-order valence-corrected chi connectivity index (χ3v) is 5.22. The van der Waals surface area contributed by atoms with Crippen molar-refractivity contribution in [3.05, 3.63) is 55.6 Å². The van der Waals surface area contributed by atoms with Crippen molar-refractivity contribution in [1.29, 1.82) is 0 Å². The number of anilines is 1. The van der Waals surface area contributed by atoms with E-state index in [0.29, 0.717) is 6.42 Å². The van der Waals surface area contributed by atoms with Gasteiger partial charge in [0.25, 0.3) is 0 Å². The molecule has 1 aliphatic heterocycles. The van der Waals surface area contributed by atoms with Crippen LogP contribution in [0.4, 0.5) is 18.9 Å². The highest BCUT2D eigenvalue weighted by atomic mass is 127. The summed E-state index contributed by atoms with van der Waals surface area (Å²) < 4.78 is 45.9. The summed E-state index contributed by atoms with van der Waals surface area (Å²) in [5.41, 5.74) is 1.97. The monoisotopic (exact) mass is 525 g/mol. The quantitative estimate of drug-likeness (QED) is 0.520. The van der Waals surface area contributed by atoms with Gasteiger partial charge in [-0.1, -0.05) is 22.0 Å². The Bertz CT molecular complexity index is 826. The Morgan fingerprint density at radius 3 is 2.72 bits per heavy atom. The topological polar surface area (TPSA) is 29.5 Å². The van der Waals surface area contributed by atoms with Crippen molar-refractivity contribution >= 4 is 50.1 Å². The number of carbonyl (C=O) groups is 1. The Hall–Kier alpha value is -1.29. The minimum atomic E-state index is -4.91. The number of fused-ring (bicyclic) bond motifs is 1. The van der Waals surface area contributed by atoms with E-state index in [1.807, 2.05) is 18.2 Å². The van der Waals surface area contributed by atoms with Gasteiger partial charge in [0.2, 0.25) is 0 Å². The fourth-order valence-electron chi connectivity index (χ4n) is 2.64. The highest BCUT2D eigenvalue weighted by molar-refractivity contribution is 14.1. The highest BCUT2D eigenvalue weighted by Crippen LogP contribution is 2.36.